The van der Waals surface area contributed by atoms with Gasteiger partial charge in [-0.05, 0) is 80.1 Å². The van der Waals surface area contributed by atoms with Crippen LogP contribution >= 0.6 is 11.3 Å². The molecule has 3 aromatic heterocycles. The van der Waals surface area contributed by atoms with Gasteiger partial charge >= 0.3 is 6.03 Å². The Kier molecular flexibility index (Phi) is 5.86. The minimum Gasteiger partial charge on any atom is -0.494 e. The molecule has 0 saturated carbocycles. The summed E-state index contributed by atoms with van der Waals surface area (Å²) in [6, 6.07) is 15.8. The molecule has 0 unspecified atom stereocenters. The number of benzene rings is 1. The molecule has 2 aliphatic rings. The van der Waals surface area contributed by atoms with E-state index < -0.39 is 0 Å². The number of rotatable bonds is 5. The van der Waals surface area contributed by atoms with Crippen LogP contribution in [-0.2, 0) is 25.9 Å². The number of urea groups is 1. The minimum absolute atomic E-state index is 0.100. The SMILES string of the molecule is CCOc1ccc([C@H]2c3cccn3-c3sc4c(c3CN2C(=O)NCc2ccco2)CCCC4)cc1. The van der Waals surface area contributed by atoms with Gasteiger partial charge in [-0.1, -0.05) is 12.1 Å². The number of hydrogen-bond acceptors (Lipinski definition) is 4. The van der Waals surface area contributed by atoms with Gasteiger partial charge in [-0.15, -0.1) is 11.3 Å². The predicted octanol–water partition coefficient (Wildman–Crippen LogP) is 6.22. The smallest absolute Gasteiger partial charge is 0.318 e. The Labute approximate surface area is 209 Å². The van der Waals surface area contributed by atoms with E-state index in [1.807, 2.05) is 47.4 Å². The Bertz CT molecular complexity index is 1320. The van der Waals surface area contributed by atoms with Gasteiger partial charge in [-0.3, -0.25) is 0 Å². The van der Waals surface area contributed by atoms with Crippen molar-refractivity contribution in [2.24, 2.45) is 0 Å². The van der Waals surface area contributed by atoms with Gasteiger partial charge in [0.05, 0.1) is 37.7 Å². The van der Waals surface area contributed by atoms with Crippen molar-refractivity contribution >= 4 is 17.4 Å². The highest BCUT2D eigenvalue weighted by Crippen LogP contribution is 2.44. The van der Waals surface area contributed by atoms with Gasteiger partial charge in [-0.25, -0.2) is 4.79 Å². The van der Waals surface area contributed by atoms with Crippen LogP contribution in [0.2, 0.25) is 0 Å². The van der Waals surface area contributed by atoms with Crippen molar-refractivity contribution in [2.45, 2.75) is 51.7 Å². The van der Waals surface area contributed by atoms with Crippen molar-refractivity contribution in [1.29, 1.82) is 0 Å². The molecular formula is C28H29N3O3S. The fraction of sp³-hybridized carbons (Fsp3) is 0.321. The maximum atomic E-state index is 13.8. The molecule has 1 aliphatic carbocycles. The van der Waals surface area contributed by atoms with Gasteiger partial charge < -0.3 is 23.9 Å². The van der Waals surface area contributed by atoms with Gasteiger partial charge in [0, 0.05) is 16.6 Å². The number of nitrogens with one attached hydrogen (secondary N) is 1. The average molecular weight is 488 g/mol. The van der Waals surface area contributed by atoms with Gasteiger partial charge in [-0.2, -0.15) is 0 Å². The zero-order chi connectivity index (χ0) is 23.8. The predicted molar refractivity (Wildman–Crippen MR) is 136 cm³/mol. The lowest BCUT2D eigenvalue weighted by Gasteiger charge is -2.31. The van der Waals surface area contributed by atoms with Crippen molar-refractivity contribution in [1.82, 2.24) is 14.8 Å². The molecule has 0 radical (unpaired) electrons. The van der Waals surface area contributed by atoms with E-state index >= 15 is 0 Å². The molecule has 7 heteroatoms. The highest BCUT2D eigenvalue weighted by Gasteiger charge is 2.36. The van der Waals surface area contributed by atoms with Crippen LogP contribution in [0.25, 0.3) is 5.00 Å². The molecule has 35 heavy (non-hydrogen) atoms. The van der Waals surface area contributed by atoms with Crippen molar-refractivity contribution in [3.05, 3.63) is 94.0 Å². The number of amides is 2. The monoisotopic (exact) mass is 487 g/mol. The van der Waals surface area contributed by atoms with Crippen molar-refractivity contribution in [3.63, 3.8) is 0 Å². The zero-order valence-corrected chi connectivity index (χ0v) is 20.6. The molecule has 0 saturated heterocycles. The van der Waals surface area contributed by atoms with Gasteiger partial charge in [0.15, 0.2) is 0 Å². The molecule has 1 aromatic carbocycles. The molecule has 1 aliphatic heterocycles. The molecule has 6 rings (SSSR count). The Hall–Kier alpha value is -3.45. The number of thiophene rings is 1. The van der Waals surface area contributed by atoms with Crippen LogP contribution < -0.4 is 10.1 Å². The summed E-state index contributed by atoms with van der Waals surface area (Å²) >= 11 is 1.90. The molecule has 6 nitrogen and oxygen atoms in total. The van der Waals surface area contributed by atoms with Gasteiger partial charge in [0.1, 0.15) is 16.5 Å². The van der Waals surface area contributed by atoms with E-state index in [2.05, 4.69) is 40.3 Å². The number of ether oxygens (including phenoxy) is 1. The summed E-state index contributed by atoms with van der Waals surface area (Å²) in [5.74, 6) is 1.57. The molecular weight excluding hydrogens is 458 g/mol. The van der Waals surface area contributed by atoms with Crippen LogP contribution in [0.3, 0.4) is 0 Å². The highest BCUT2D eigenvalue weighted by molar-refractivity contribution is 7.15. The Morgan fingerprint density at radius 2 is 1.97 bits per heavy atom. The van der Waals surface area contributed by atoms with Crippen LogP contribution in [0.4, 0.5) is 4.79 Å². The highest BCUT2D eigenvalue weighted by atomic mass is 32.1. The maximum absolute atomic E-state index is 13.8. The topological polar surface area (TPSA) is 59.6 Å². The number of aryl methyl sites for hydroxylation is 1. The third-order valence-electron chi connectivity index (χ3n) is 6.94. The standard InChI is InChI=1S/C28H29N3O3S/c1-2-33-20-13-11-19(12-14-20)26-24-9-5-15-30(24)27-23(22-8-3-4-10-25(22)35-27)18-31(26)28(32)29-17-21-7-6-16-34-21/h5-7,9,11-16,26H,2-4,8,10,17-18H2,1H3,(H,29,32)/t26-/m0/s1. The largest absolute Gasteiger partial charge is 0.494 e. The van der Waals surface area contributed by atoms with E-state index in [1.54, 1.807) is 6.26 Å². The summed E-state index contributed by atoms with van der Waals surface area (Å²) in [5.41, 5.74) is 4.90. The van der Waals surface area contributed by atoms with Crippen LogP contribution in [0.15, 0.2) is 65.4 Å². The van der Waals surface area contributed by atoms with E-state index in [-0.39, 0.29) is 12.1 Å². The van der Waals surface area contributed by atoms with E-state index in [1.165, 1.54) is 33.8 Å². The lowest BCUT2D eigenvalue weighted by Crippen LogP contribution is -2.41. The molecule has 180 valence electrons. The summed E-state index contributed by atoms with van der Waals surface area (Å²) in [6.45, 7) is 3.53. The number of hydrogen-bond donors (Lipinski definition) is 1. The quantitative estimate of drug-likeness (QED) is 0.363. The summed E-state index contributed by atoms with van der Waals surface area (Å²) in [6.07, 6.45) is 8.45. The first-order valence-electron chi connectivity index (χ1n) is 12.3. The Morgan fingerprint density at radius 1 is 1.11 bits per heavy atom. The van der Waals surface area contributed by atoms with E-state index in [4.69, 9.17) is 9.15 Å². The number of furan rings is 1. The van der Waals surface area contributed by atoms with Crippen molar-refractivity contribution in [2.75, 3.05) is 6.61 Å². The molecule has 0 fully saturated rings. The molecule has 0 bridgehead atoms. The fourth-order valence-corrected chi connectivity index (χ4v) is 6.73. The number of fused-ring (bicyclic) bond motifs is 5. The first-order valence-corrected chi connectivity index (χ1v) is 13.1. The van der Waals surface area contributed by atoms with Crippen LogP contribution in [-0.4, -0.2) is 22.1 Å². The van der Waals surface area contributed by atoms with Crippen molar-refractivity contribution < 1.29 is 13.9 Å². The zero-order valence-electron chi connectivity index (χ0n) is 19.8. The second-order valence-electron chi connectivity index (χ2n) is 9.07. The van der Waals surface area contributed by atoms with Crippen LogP contribution in [0, 0.1) is 0 Å². The van der Waals surface area contributed by atoms with Gasteiger partial charge in [0.25, 0.3) is 0 Å². The third-order valence-corrected chi connectivity index (χ3v) is 8.27. The van der Waals surface area contributed by atoms with E-state index in [0.29, 0.717) is 19.7 Å². The number of nitrogens with zero attached hydrogens (tertiary/aromatic N) is 2. The summed E-state index contributed by atoms with van der Waals surface area (Å²) < 4.78 is 13.4. The van der Waals surface area contributed by atoms with E-state index in [0.717, 1.165) is 35.6 Å². The van der Waals surface area contributed by atoms with Gasteiger partial charge in [0.2, 0.25) is 0 Å². The lowest BCUT2D eigenvalue weighted by atomic mass is 9.95. The third kappa shape index (κ3) is 4.04. The Morgan fingerprint density at radius 3 is 2.77 bits per heavy atom. The molecule has 4 heterocycles. The van der Waals surface area contributed by atoms with Crippen LogP contribution in [0.1, 0.15) is 58.8 Å². The molecule has 1 N–H and O–H groups in total. The average Bonchev–Trinajstić information content (AvgIpc) is 3.63. The summed E-state index contributed by atoms with van der Waals surface area (Å²) in [7, 11) is 0. The number of carbonyl (C=O) groups excluding carboxylic acids is 1. The molecule has 1 atom stereocenters. The van der Waals surface area contributed by atoms with Crippen LogP contribution in [0.5, 0.6) is 5.75 Å². The van der Waals surface area contributed by atoms with Crippen molar-refractivity contribution in [3.8, 4) is 10.8 Å². The maximum Gasteiger partial charge on any atom is 0.318 e. The second-order valence-corrected chi connectivity index (χ2v) is 10.2. The normalized spacial score (nSPS) is 16.7. The second kappa shape index (κ2) is 9.30. The summed E-state index contributed by atoms with van der Waals surface area (Å²) in [4.78, 5) is 17.2. The molecule has 2 amide bonds. The lowest BCUT2D eigenvalue weighted by molar-refractivity contribution is 0.179. The number of aromatic nitrogens is 1. The Balaban J connectivity index is 1.44. The molecule has 4 aromatic rings. The first kappa shape index (κ1) is 22.0. The van der Waals surface area contributed by atoms with E-state index in [9.17, 15) is 4.79 Å². The fourth-order valence-electron chi connectivity index (χ4n) is 5.33. The molecule has 0 spiro atoms. The summed E-state index contributed by atoms with van der Waals surface area (Å²) in [5, 5.41) is 4.36. The number of carbonyl (C=O) groups is 1. The first-order chi connectivity index (χ1) is 17.2. The minimum atomic E-state index is -0.226.